The molecular formula is C34H34O10S. The van der Waals surface area contributed by atoms with Crippen molar-refractivity contribution >= 4 is 16.4 Å². The second kappa shape index (κ2) is 15.9. The minimum Gasteiger partial charge on any atom is -0.459 e. The Morgan fingerprint density at radius 3 is 1.56 bits per heavy atom. The van der Waals surface area contributed by atoms with Gasteiger partial charge in [-0.05, 0) is 28.8 Å². The lowest BCUT2D eigenvalue weighted by molar-refractivity contribution is -0.318. The lowest BCUT2D eigenvalue weighted by atomic mass is 9.98. The SMILES string of the molecule is O=C(OC[C@H]1O[C@@H](OCc2ccccc2)[C@H](OCc2ccccc2)[C@@H](OCc2ccccc2)[C@H]1OS(=O)(=O)O)c1ccccc1. The molecule has 0 spiro atoms. The van der Waals surface area contributed by atoms with Crippen molar-refractivity contribution in [2.24, 2.45) is 0 Å². The van der Waals surface area contributed by atoms with Gasteiger partial charge in [0, 0.05) is 0 Å². The number of hydrogen-bond donors (Lipinski definition) is 1. The Hall–Kier alpha value is -3.94. The number of hydrogen-bond acceptors (Lipinski definition) is 9. The fraction of sp³-hybridized carbons (Fsp3) is 0.265. The van der Waals surface area contributed by atoms with Gasteiger partial charge in [0.15, 0.2) is 6.29 Å². The third-order valence-corrected chi connectivity index (χ3v) is 7.51. The van der Waals surface area contributed by atoms with E-state index in [1.165, 1.54) is 0 Å². The summed E-state index contributed by atoms with van der Waals surface area (Å²) in [6.45, 7) is -0.153. The zero-order chi connectivity index (χ0) is 31.5. The zero-order valence-corrected chi connectivity index (χ0v) is 25.1. The van der Waals surface area contributed by atoms with Crippen molar-refractivity contribution in [3.63, 3.8) is 0 Å². The molecule has 236 valence electrons. The summed E-state index contributed by atoms with van der Waals surface area (Å²) in [6, 6.07) is 36.3. The predicted molar refractivity (Wildman–Crippen MR) is 163 cm³/mol. The minimum atomic E-state index is -5.02. The van der Waals surface area contributed by atoms with E-state index in [-0.39, 0.29) is 19.8 Å². The number of carbonyl (C=O) groups excluding carboxylic acids is 1. The van der Waals surface area contributed by atoms with E-state index in [0.717, 1.165) is 16.7 Å². The van der Waals surface area contributed by atoms with Gasteiger partial charge < -0.3 is 23.7 Å². The van der Waals surface area contributed by atoms with E-state index in [0.29, 0.717) is 5.56 Å². The second-order valence-electron chi connectivity index (χ2n) is 10.3. The van der Waals surface area contributed by atoms with Gasteiger partial charge in [-0.2, -0.15) is 8.42 Å². The van der Waals surface area contributed by atoms with Crippen LogP contribution in [0.2, 0.25) is 0 Å². The van der Waals surface area contributed by atoms with Crippen molar-refractivity contribution in [1.82, 2.24) is 0 Å². The summed E-state index contributed by atoms with van der Waals surface area (Å²) >= 11 is 0. The molecule has 1 fully saturated rings. The van der Waals surface area contributed by atoms with E-state index in [1.807, 2.05) is 91.0 Å². The van der Waals surface area contributed by atoms with E-state index in [2.05, 4.69) is 0 Å². The Labute approximate surface area is 262 Å². The molecule has 1 heterocycles. The third kappa shape index (κ3) is 9.77. The first-order chi connectivity index (χ1) is 21.9. The van der Waals surface area contributed by atoms with Gasteiger partial charge in [0.2, 0.25) is 0 Å². The Morgan fingerprint density at radius 1 is 0.622 bits per heavy atom. The average Bonchev–Trinajstić information content (AvgIpc) is 3.06. The summed E-state index contributed by atoms with van der Waals surface area (Å²) in [5.74, 6) is -0.657. The minimum absolute atomic E-state index is 0.0456. The molecule has 45 heavy (non-hydrogen) atoms. The highest BCUT2D eigenvalue weighted by atomic mass is 32.3. The number of ether oxygens (including phenoxy) is 5. The van der Waals surface area contributed by atoms with E-state index in [1.54, 1.807) is 30.3 Å². The lowest BCUT2D eigenvalue weighted by Crippen LogP contribution is -2.62. The van der Waals surface area contributed by atoms with Crippen molar-refractivity contribution < 1.29 is 45.6 Å². The van der Waals surface area contributed by atoms with Gasteiger partial charge in [0.1, 0.15) is 31.0 Å². The van der Waals surface area contributed by atoms with E-state index >= 15 is 0 Å². The molecule has 5 atom stereocenters. The highest BCUT2D eigenvalue weighted by Crippen LogP contribution is 2.32. The van der Waals surface area contributed by atoms with Crippen LogP contribution in [-0.2, 0) is 58.1 Å². The molecule has 0 bridgehead atoms. The number of carbonyl (C=O) groups is 1. The van der Waals surface area contributed by atoms with Gasteiger partial charge in [0.05, 0.1) is 25.4 Å². The van der Waals surface area contributed by atoms with Gasteiger partial charge in [-0.1, -0.05) is 109 Å². The molecule has 10 nitrogen and oxygen atoms in total. The number of esters is 1. The lowest BCUT2D eigenvalue weighted by Gasteiger charge is -2.44. The maximum absolute atomic E-state index is 12.8. The van der Waals surface area contributed by atoms with Crippen LogP contribution in [0.1, 0.15) is 27.0 Å². The van der Waals surface area contributed by atoms with E-state index in [4.69, 9.17) is 27.9 Å². The Kier molecular flexibility index (Phi) is 11.4. The van der Waals surface area contributed by atoms with Crippen LogP contribution in [0.3, 0.4) is 0 Å². The van der Waals surface area contributed by atoms with Crippen molar-refractivity contribution in [2.75, 3.05) is 6.61 Å². The summed E-state index contributed by atoms with van der Waals surface area (Å²) in [5, 5.41) is 0. The van der Waals surface area contributed by atoms with Crippen LogP contribution in [0.5, 0.6) is 0 Å². The van der Waals surface area contributed by atoms with Crippen LogP contribution >= 0.6 is 0 Å². The van der Waals surface area contributed by atoms with Gasteiger partial charge >= 0.3 is 16.4 Å². The van der Waals surface area contributed by atoms with Crippen molar-refractivity contribution in [2.45, 2.75) is 50.5 Å². The quantitative estimate of drug-likeness (QED) is 0.147. The smallest absolute Gasteiger partial charge is 0.397 e. The van der Waals surface area contributed by atoms with Crippen molar-refractivity contribution in [1.29, 1.82) is 0 Å². The molecule has 4 aromatic rings. The van der Waals surface area contributed by atoms with E-state index < -0.39 is 53.7 Å². The molecule has 4 aromatic carbocycles. The number of benzene rings is 4. The van der Waals surface area contributed by atoms with Crippen LogP contribution in [0.25, 0.3) is 0 Å². The second-order valence-corrected chi connectivity index (χ2v) is 11.4. The van der Waals surface area contributed by atoms with Crippen LogP contribution in [0.15, 0.2) is 121 Å². The molecule has 0 aliphatic carbocycles. The summed E-state index contributed by atoms with van der Waals surface area (Å²) in [4.78, 5) is 12.8. The molecule has 0 amide bonds. The van der Waals surface area contributed by atoms with Gasteiger partial charge in [-0.15, -0.1) is 0 Å². The molecule has 11 heteroatoms. The first-order valence-electron chi connectivity index (χ1n) is 14.4. The molecule has 0 radical (unpaired) electrons. The molecule has 1 N–H and O–H groups in total. The van der Waals surface area contributed by atoms with Crippen LogP contribution in [-0.4, -0.2) is 56.3 Å². The summed E-state index contributed by atoms with van der Waals surface area (Å²) in [5.41, 5.74) is 2.78. The zero-order valence-electron chi connectivity index (χ0n) is 24.3. The molecule has 0 unspecified atom stereocenters. The molecule has 1 saturated heterocycles. The fourth-order valence-corrected chi connectivity index (χ4v) is 5.38. The van der Waals surface area contributed by atoms with Gasteiger partial charge in [-0.3, -0.25) is 4.55 Å². The Morgan fingerprint density at radius 2 is 1.07 bits per heavy atom. The number of rotatable bonds is 14. The Balaban J connectivity index is 1.46. The standard InChI is InChI=1S/C34H34O10S/c35-33(28-19-11-4-12-20-28)41-24-29-30(44-45(36,37)38)31(39-21-25-13-5-1-6-14-25)32(40-22-26-15-7-2-8-16-26)34(43-29)42-23-27-17-9-3-10-18-27/h1-20,29-32,34H,21-24H2,(H,36,37,38)/t29-,30+,31+,32-,34-/m1/s1. The largest absolute Gasteiger partial charge is 0.459 e. The molecular weight excluding hydrogens is 600 g/mol. The molecule has 0 aromatic heterocycles. The van der Waals surface area contributed by atoms with Gasteiger partial charge in [-0.25, -0.2) is 8.98 Å². The predicted octanol–water partition coefficient (Wildman–Crippen LogP) is 5.14. The highest BCUT2D eigenvalue weighted by molar-refractivity contribution is 7.80. The van der Waals surface area contributed by atoms with Crippen LogP contribution in [0, 0.1) is 0 Å². The summed E-state index contributed by atoms with van der Waals surface area (Å²) < 4.78 is 69.9. The molecule has 1 aliphatic rings. The van der Waals surface area contributed by atoms with E-state index in [9.17, 15) is 17.8 Å². The van der Waals surface area contributed by atoms with Gasteiger partial charge in [0.25, 0.3) is 0 Å². The molecule has 1 aliphatic heterocycles. The average molecular weight is 635 g/mol. The monoisotopic (exact) mass is 634 g/mol. The van der Waals surface area contributed by atoms with Crippen molar-refractivity contribution in [3.8, 4) is 0 Å². The summed E-state index contributed by atoms with van der Waals surface area (Å²) in [7, 11) is -5.02. The van der Waals surface area contributed by atoms with Crippen LogP contribution in [0.4, 0.5) is 0 Å². The molecule has 0 saturated carbocycles. The first kappa shape index (κ1) is 32.5. The summed E-state index contributed by atoms with van der Waals surface area (Å²) in [6.07, 6.45) is -6.03. The normalized spacial score (nSPS) is 21.7. The molecule has 5 rings (SSSR count). The fourth-order valence-electron chi connectivity index (χ4n) is 4.87. The first-order valence-corrected chi connectivity index (χ1v) is 15.7. The maximum atomic E-state index is 12.8. The Bertz CT molecular complexity index is 1570. The van der Waals surface area contributed by atoms with Crippen LogP contribution < -0.4 is 0 Å². The topological polar surface area (TPSA) is 127 Å². The third-order valence-electron chi connectivity index (χ3n) is 7.04. The maximum Gasteiger partial charge on any atom is 0.397 e. The van der Waals surface area contributed by atoms with Crippen molar-refractivity contribution in [3.05, 3.63) is 144 Å². The highest BCUT2D eigenvalue weighted by Gasteiger charge is 2.51.